The first-order chi connectivity index (χ1) is 11.6. The predicted octanol–water partition coefficient (Wildman–Crippen LogP) is 2.82. The standard InChI is InChI=1S/C17H11N3O4/c21-10-11-5-1-2-6-12(11)17-16(15(22)9-18-19-17)13-7-3-4-8-14(13)20(23)24/h1-10H,(H,19,22). The topological polar surface area (TPSA) is 106 Å². The molecule has 3 aromatic rings. The Bertz CT molecular complexity index is 995. The first-order valence-electron chi connectivity index (χ1n) is 6.99. The molecule has 0 atom stereocenters. The molecule has 7 nitrogen and oxygen atoms in total. The van der Waals surface area contributed by atoms with Gasteiger partial charge in [-0.05, 0) is 6.07 Å². The van der Waals surface area contributed by atoms with E-state index in [-0.39, 0.29) is 22.5 Å². The van der Waals surface area contributed by atoms with Crippen molar-refractivity contribution in [1.82, 2.24) is 10.2 Å². The van der Waals surface area contributed by atoms with Crippen LogP contribution in [0.4, 0.5) is 5.69 Å². The summed E-state index contributed by atoms with van der Waals surface area (Å²) >= 11 is 0. The molecule has 0 bridgehead atoms. The molecule has 0 amide bonds. The molecule has 1 N–H and O–H groups in total. The van der Waals surface area contributed by atoms with E-state index in [0.29, 0.717) is 17.4 Å². The van der Waals surface area contributed by atoms with Gasteiger partial charge in [-0.15, -0.1) is 0 Å². The van der Waals surface area contributed by atoms with Crippen molar-refractivity contribution in [2.45, 2.75) is 0 Å². The Kier molecular flexibility index (Phi) is 3.98. The van der Waals surface area contributed by atoms with Crippen LogP contribution in [0.25, 0.3) is 22.4 Å². The van der Waals surface area contributed by atoms with E-state index < -0.39 is 10.4 Å². The number of hydrogen-bond donors (Lipinski definition) is 1. The minimum Gasteiger partial charge on any atom is -0.298 e. The fourth-order valence-electron chi connectivity index (χ4n) is 2.53. The third kappa shape index (κ3) is 2.58. The molecule has 0 aliphatic carbocycles. The number of carbonyl (C=O) groups is 1. The van der Waals surface area contributed by atoms with Gasteiger partial charge in [0, 0.05) is 17.2 Å². The third-order valence-electron chi connectivity index (χ3n) is 3.58. The van der Waals surface area contributed by atoms with Crippen LogP contribution in [-0.2, 0) is 0 Å². The van der Waals surface area contributed by atoms with Crippen LogP contribution < -0.4 is 5.43 Å². The number of benzene rings is 2. The summed E-state index contributed by atoms with van der Waals surface area (Å²) in [6.07, 6.45) is 1.71. The number of nitrogens with zero attached hydrogens (tertiary/aromatic N) is 2. The monoisotopic (exact) mass is 321 g/mol. The molecule has 24 heavy (non-hydrogen) atoms. The highest BCUT2D eigenvalue weighted by Crippen LogP contribution is 2.34. The molecule has 0 unspecified atom stereocenters. The number of aromatic nitrogens is 2. The second-order valence-electron chi connectivity index (χ2n) is 4.96. The third-order valence-corrected chi connectivity index (χ3v) is 3.58. The summed E-state index contributed by atoms with van der Waals surface area (Å²) in [5, 5.41) is 17.8. The summed E-state index contributed by atoms with van der Waals surface area (Å²) in [6, 6.07) is 12.6. The van der Waals surface area contributed by atoms with Crippen molar-refractivity contribution in [3.8, 4) is 22.4 Å². The lowest BCUT2D eigenvalue weighted by Crippen LogP contribution is -2.10. The van der Waals surface area contributed by atoms with Gasteiger partial charge in [0.05, 0.1) is 27.9 Å². The molecule has 0 fully saturated rings. The highest BCUT2D eigenvalue weighted by atomic mass is 16.6. The van der Waals surface area contributed by atoms with Crippen molar-refractivity contribution >= 4 is 12.0 Å². The Balaban J connectivity index is 2.38. The molecule has 118 valence electrons. The van der Waals surface area contributed by atoms with E-state index >= 15 is 0 Å². The van der Waals surface area contributed by atoms with Crippen molar-refractivity contribution < 1.29 is 9.72 Å². The van der Waals surface area contributed by atoms with Gasteiger partial charge in [-0.25, -0.2) is 0 Å². The Morgan fingerprint density at radius 2 is 1.71 bits per heavy atom. The van der Waals surface area contributed by atoms with Gasteiger partial charge in [0.1, 0.15) is 0 Å². The van der Waals surface area contributed by atoms with E-state index in [9.17, 15) is 19.7 Å². The lowest BCUT2D eigenvalue weighted by atomic mass is 9.96. The van der Waals surface area contributed by atoms with Crippen LogP contribution in [0.15, 0.2) is 59.5 Å². The van der Waals surface area contributed by atoms with E-state index in [4.69, 9.17) is 0 Å². The van der Waals surface area contributed by atoms with Crippen LogP contribution in [-0.4, -0.2) is 21.4 Å². The number of aldehydes is 1. The predicted molar refractivity (Wildman–Crippen MR) is 87.8 cm³/mol. The Hall–Kier alpha value is -3.61. The first kappa shape index (κ1) is 15.3. The molecule has 1 aromatic heterocycles. The Morgan fingerprint density at radius 1 is 1.04 bits per heavy atom. The number of nitro benzene ring substituents is 1. The molecule has 0 spiro atoms. The summed E-state index contributed by atoms with van der Waals surface area (Å²) in [5.74, 6) is 0. The van der Waals surface area contributed by atoms with Gasteiger partial charge in [-0.3, -0.25) is 24.8 Å². The van der Waals surface area contributed by atoms with E-state index in [1.54, 1.807) is 30.3 Å². The maximum atomic E-state index is 12.4. The fourth-order valence-corrected chi connectivity index (χ4v) is 2.53. The Labute approximate surface area is 135 Å². The zero-order valence-electron chi connectivity index (χ0n) is 12.3. The quantitative estimate of drug-likeness (QED) is 0.452. The highest BCUT2D eigenvalue weighted by molar-refractivity contribution is 5.92. The van der Waals surface area contributed by atoms with E-state index in [1.807, 2.05) is 0 Å². The zero-order chi connectivity index (χ0) is 17.1. The molecule has 0 aliphatic heterocycles. The lowest BCUT2D eigenvalue weighted by Gasteiger charge is -2.10. The Morgan fingerprint density at radius 3 is 2.42 bits per heavy atom. The zero-order valence-corrected chi connectivity index (χ0v) is 12.3. The van der Waals surface area contributed by atoms with E-state index in [0.717, 1.165) is 6.20 Å². The average Bonchev–Trinajstić information content (AvgIpc) is 2.61. The van der Waals surface area contributed by atoms with E-state index in [1.165, 1.54) is 18.2 Å². The van der Waals surface area contributed by atoms with Gasteiger partial charge >= 0.3 is 0 Å². The molecule has 0 aliphatic rings. The second kappa shape index (κ2) is 6.25. The minimum atomic E-state index is -0.551. The van der Waals surface area contributed by atoms with Crippen LogP contribution in [0.3, 0.4) is 0 Å². The van der Waals surface area contributed by atoms with Crippen LogP contribution in [0.5, 0.6) is 0 Å². The number of rotatable bonds is 4. The van der Waals surface area contributed by atoms with Crippen molar-refractivity contribution in [2.24, 2.45) is 0 Å². The van der Waals surface area contributed by atoms with Crippen molar-refractivity contribution in [2.75, 3.05) is 0 Å². The second-order valence-corrected chi connectivity index (χ2v) is 4.96. The van der Waals surface area contributed by atoms with Crippen LogP contribution in [0.2, 0.25) is 0 Å². The number of nitrogens with one attached hydrogen (secondary N) is 1. The molecule has 1 heterocycles. The van der Waals surface area contributed by atoms with Gasteiger partial charge < -0.3 is 0 Å². The fraction of sp³-hybridized carbons (Fsp3) is 0. The smallest absolute Gasteiger partial charge is 0.277 e. The molecular weight excluding hydrogens is 310 g/mol. The normalized spacial score (nSPS) is 10.3. The number of para-hydroxylation sites is 1. The highest BCUT2D eigenvalue weighted by Gasteiger charge is 2.22. The first-order valence-corrected chi connectivity index (χ1v) is 6.99. The molecular formula is C17H11N3O4. The van der Waals surface area contributed by atoms with Crippen molar-refractivity contribution in [3.05, 3.63) is 80.6 Å². The van der Waals surface area contributed by atoms with Gasteiger partial charge in [0.15, 0.2) is 6.29 Å². The molecule has 3 rings (SSSR count). The summed E-state index contributed by atoms with van der Waals surface area (Å²) < 4.78 is 0. The van der Waals surface area contributed by atoms with Crippen molar-refractivity contribution in [3.63, 3.8) is 0 Å². The lowest BCUT2D eigenvalue weighted by molar-refractivity contribution is -0.384. The minimum absolute atomic E-state index is 0.103. The summed E-state index contributed by atoms with van der Waals surface area (Å²) in [7, 11) is 0. The molecule has 0 saturated heterocycles. The van der Waals surface area contributed by atoms with Gasteiger partial charge in [-0.2, -0.15) is 5.10 Å². The number of carbonyl (C=O) groups excluding carboxylic acids is 1. The number of aromatic amines is 1. The summed E-state index contributed by atoms with van der Waals surface area (Å²) in [4.78, 5) is 34.4. The molecule has 7 heteroatoms. The summed E-state index contributed by atoms with van der Waals surface area (Å²) in [5.41, 5.74) is 0.664. The molecule has 2 aromatic carbocycles. The van der Waals surface area contributed by atoms with Crippen LogP contribution in [0, 0.1) is 10.1 Å². The maximum Gasteiger partial charge on any atom is 0.277 e. The maximum absolute atomic E-state index is 12.4. The average molecular weight is 321 g/mol. The largest absolute Gasteiger partial charge is 0.298 e. The van der Waals surface area contributed by atoms with E-state index in [2.05, 4.69) is 10.2 Å². The van der Waals surface area contributed by atoms with Crippen LogP contribution >= 0.6 is 0 Å². The SMILES string of the molecule is O=Cc1ccccc1-c1[nH]ncc(=O)c1-c1ccccc1[N+](=O)[O-]. The van der Waals surface area contributed by atoms with Crippen LogP contribution in [0.1, 0.15) is 10.4 Å². The summed E-state index contributed by atoms with van der Waals surface area (Å²) in [6.45, 7) is 0. The van der Waals surface area contributed by atoms with Gasteiger partial charge in [0.2, 0.25) is 5.43 Å². The molecule has 0 radical (unpaired) electrons. The van der Waals surface area contributed by atoms with Gasteiger partial charge in [0.25, 0.3) is 5.69 Å². The number of H-pyrrole nitrogens is 1. The molecule has 0 saturated carbocycles. The van der Waals surface area contributed by atoms with Gasteiger partial charge in [-0.1, -0.05) is 36.4 Å². The number of nitro groups is 1. The number of hydrogen-bond acceptors (Lipinski definition) is 5. The van der Waals surface area contributed by atoms with Crippen molar-refractivity contribution in [1.29, 1.82) is 0 Å².